The third kappa shape index (κ3) is 3.24. The van der Waals surface area contributed by atoms with Gasteiger partial charge in [-0.05, 0) is 41.2 Å². The molecule has 0 aromatic heterocycles. The van der Waals surface area contributed by atoms with Gasteiger partial charge in [-0.2, -0.15) is 0 Å². The molecule has 0 atom stereocenters. The van der Waals surface area contributed by atoms with Crippen molar-refractivity contribution in [2.75, 3.05) is 18.7 Å². The van der Waals surface area contributed by atoms with Crippen molar-refractivity contribution in [1.82, 2.24) is 0 Å². The predicted molar refractivity (Wildman–Crippen MR) is 115 cm³/mol. The topological polar surface area (TPSA) is 41.9 Å². The molecule has 0 spiro atoms. The zero-order chi connectivity index (χ0) is 19.9. The van der Waals surface area contributed by atoms with Gasteiger partial charge in [-0.15, -0.1) is 0 Å². The summed E-state index contributed by atoms with van der Waals surface area (Å²) in [5, 5.41) is 0. The van der Waals surface area contributed by atoms with Crippen LogP contribution in [0.15, 0.2) is 47.6 Å². The van der Waals surface area contributed by atoms with Crippen LogP contribution in [0.4, 0.5) is 5.69 Å². The number of aryl methyl sites for hydroxylation is 1. The van der Waals surface area contributed by atoms with Crippen LogP contribution >= 0.6 is 0 Å². The van der Waals surface area contributed by atoms with Crippen LogP contribution in [0.3, 0.4) is 0 Å². The lowest BCUT2D eigenvalue weighted by molar-refractivity contribution is 0.0994. The van der Waals surface area contributed by atoms with Crippen molar-refractivity contribution in [3.8, 4) is 16.9 Å². The molecule has 1 heterocycles. The van der Waals surface area contributed by atoms with Gasteiger partial charge in [-0.25, -0.2) is 0 Å². The van der Waals surface area contributed by atoms with Crippen molar-refractivity contribution in [2.45, 2.75) is 39.0 Å². The van der Waals surface area contributed by atoms with Crippen LogP contribution in [0.2, 0.25) is 0 Å². The average Bonchev–Trinajstić information content (AvgIpc) is 3.07. The molecule has 0 radical (unpaired) electrons. The molecule has 4 nitrogen and oxygen atoms in total. The largest absolute Gasteiger partial charge is 0.496 e. The Morgan fingerprint density at radius 3 is 2.57 bits per heavy atom. The van der Waals surface area contributed by atoms with E-state index in [1.165, 1.54) is 0 Å². The number of ketones is 1. The molecule has 0 bridgehead atoms. The van der Waals surface area contributed by atoms with E-state index >= 15 is 0 Å². The van der Waals surface area contributed by atoms with Gasteiger partial charge in [-0.3, -0.25) is 9.79 Å². The summed E-state index contributed by atoms with van der Waals surface area (Å²) in [6, 6.07) is 10.5. The third-order valence-electron chi connectivity index (χ3n) is 5.45. The normalized spacial score (nSPS) is 15.9. The number of rotatable bonds is 3. The van der Waals surface area contributed by atoms with Crippen molar-refractivity contribution in [1.29, 1.82) is 0 Å². The summed E-state index contributed by atoms with van der Waals surface area (Å²) in [5.41, 5.74) is 6.30. The van der Waals surface area contributed by atoms with Gasteiger partial charge in [0.2, 0.25) is 0 Å². The van der Waals surface area contributed by atoms with Crippen molar-refractivity contribution < 1.29 is 9.53 Å². The first-order valence-corrected chi connectivity index (χ1v) is 9.71. The SMILES string of the molecule is COc1c(-c2ccc3c(c2)CCC3=O)cc(N2C=CC=NC2)cc1C(C)(C)C. The Bertz CT molecular complexity index is 996. The van der Waals surface area contributed by atoms with Gasteiger partial charge in [-0.1, -0.05) is 39.0 Å². The standard InChI is InChI=1S/C24H26N2O2/c1-24(2,3)21-14-18(26-11-5-10-25-15-26)13-20(23(21)28-4)17-6-8-19-16(12-17)7-9-22(19)27/h5-6,8,10-14H,7,9,15H2,1-4H3. The fourth-order valence-electron chi connectivity index (χ4n) is 3.95. The minimum Gasteiger partial charge on any atom is -0.496 e. The second kappa shape index (κ2) is 6.93. The second-order valence-electron chi connectivity index (χ2n) is 8.40. The number of carbonyl (C=O) groups is 1. The molecule has 1 aliphatic carbocycles. The van der Waals surface area contributed by atoms with E-state index in [2.05, 4.69) is 48.9 Å². The Morgan fingerprint density at radius 1 is 1.07 bits per heavy atom. The number of hydrogen-bond acceptors (Lipinski definition) is 4. The smallest absolute Gasteiger partial charge is 0.163 e. The Balaban J connectivity index is 1.91. The molecule has 0 saturated carbocycles. The summed E-state index contributed by atoms with van der Waals surface area (Å²) < 4.78 is 5.91. The molecule has 4 rings (SSSR count). The molecule has 0 N–H and O–H groups in total. The maximum absolute atomic E-state index is 12.0. The predicted octanol–water partition coefficient (Wildman–Crippen LogP) is 5.15. The van der Waals surface area contributed by atoms with Crippen molar-refractivity contribution in [3.63, 3.8) is 0 Å². The molecule has 0 fully saturated rings. The molecule has 2 aromatic rings. The highest BCUT2D eigenvalue weighted by Crippen LogP contribution is 2.43. The number of anilines is 1. The zero-order valence-electron chi connectivity index (χ0n) is 17.0. The molecular formula is C24H26N2O2. The average molecular weight is 374 g/mol. The first kappa shape index (κ1) is 18.5. The van der Waals surface area contributed by atoms with E-state index in [0.717, 1.165) is 45.7 Å². The second-order valence-corrected chi connectivity index (χ2v) is 8.40. The van der Waals surface area contributed by atoms with E-state index in [4.69, 9.17) is 4.74 Å². The van der Waals surface area contributed by atoms with Crippen molar-refractivity contribution in [2.24, 2.45) is 4.99 Å². The summed E-state index contributed by atoms with van der Waals surface area (Å²) in [7, 11) is 1.73. The van der Waals surface area contributed by atoms with Crippen LogP contribution in [0.25, 0.3) is 11.1 Å². The Hall–Kier alpha value is -2.88. The van der Waals surface area contributed by atoms with Crippen LogP contribution in [0, 0.1) is 0 Å². The van der Waals surface area contributed by atoms with Gasteiger partial charge >= 0.3 is 0 Å². The Morgan fingerprint density at radius 2 is 1.89 bits per heavy atom. The number of ether oxygens (including phenoxy) is 1. The summed E-state index contributed by atoms with van der Waals surface area (Å²) >= 11 is 0. The van der Waals surface area contributed by atoms with Crippen LogP contribution in [0.1, 0.15) is 48.7 Å². The van der Waals surface area contributed by atoms with E-state index in [9.17, 15) is 4.79 Å². The molecule has 0 saturated heterocycles. The Kier molecular flexibility index (Phi) is 4.58. The highest BCUT2D eigenvalue weighted by molar-refractivity contribution is 6.01. The van der Waals surface area contributed by atoms with Gasteiger partial charge in [0, 0.05) is 41.2 Å². The first-order chi connectivity index (χ1) is 13.4. The van der Waals surface area contributed by atoms with Gasteiger partial charge in [0.25, 0.3) is 0 Å². The number of methoxy groups -OCH3 is 1. The molecule has 0 unspecified atom stereocenters. The quantitative estimate of drug-likeness (QED) is 0.746. The number of allylic oxidation sites excluding steroid dienone is 1. The Labute approximate surface area is 166 Å². The number of fused-ring (bicyclic) bond motifs is 1. The minimum atomic E-state index is -0.0778. The highest BCUT2D eigenvalue weighted by Gasteiger charge is 2.26. The lowest BCUT2D eigenvalue weighted by atomic mass is 9.83. The summed E-state index contributed by atoms with van der Waals surface area (Å²) in [4.78, 5) is 18.5. The summed E-state index contributed by atoms with van der Waals surface area (Å²) in [6.07, 6.45) is 7.25. The number of nitrogens with zero attached hydrogens (tertiary/aromatic N) is 2. The first-order valence-electron chi connectivity index (χ1n) is 9.71. The third-order valence-corrected chi connectivity index (χ3v) is 5.45. The minimum absolute atomic E-state index is 0.0778. The van der Waals surface area contributed by atoms with Crippen molar-refractivity contribution in [3.05, 3.63) is 59.3 Å². The van der Waals surface area contributed by atoms with Crippen LogP contribution < -0.4 is 9.64 Å². The van der Waals surface area contributed by atoms with Gasteiger partial charge < -0.3 is 9.64 Å². The van der Waals surface area contributed by atoms with E-state index in [-0.39, 0.29) is 11.2 Å². The highest BCUT2D eigenvalue weighted by atomic mass is 16.5. The molecule has 4 heteroatoms. The molecule has 28 heavy (non-hydrogen) atoms. The summed E-state index contributed by atoms with van der Waals surface area (Å²) in [5.74, 6) is 1.14. The van der Waals surface area contributed by atoms with Crippen LogP contribution in [0.5, 0.6) is 5.75 Å². The summed E-state index contributed by atoms with van der Waals surface area (Å²) in [6.45, 7) is 7.20. The lowest BCUT2D eigenvalue weighted by Gasteiger charge is -2.28. The molecule has 144 valence electrons. The monoisotopic (exact) mass is 374 g/mol. The van der Waals surface area contributed by atoms with E-state index in [1.807, 2.05) is 30.6 Å². The molecule has 1 aliphatic heterocycles. The lowest BCUT2D eigenvalue weighted by Crippen LogP contribution is -2.20. The number of Topliss-reactive ketones (excluding diaryl/α,β-unsaturated/α-hetero) is 1. The fraction of sp³-hybridized carbons (Fsp3) is 0.333. The maximum Gasteiger partial charge on any atom is 0.163 e. The molecule has 2 aromatic carbocycles. The van der Waals surface area contributed by atoms with E-state index < -0.39 is 0 Å². The zero-order valence-corrected chi connectivity index (χ0v) is 17.0. The number of benzene rings is 2. The fourth-order valence-corrected chi connectivity index (χ4v) is 3.95. The number of hydrogen-bond donors (Lipinski definition) is 0. The molecule has 2 aliphatic rings. The van der Waals surface area contributed by atoms with Crippen LogP contribution in [-0.2, 0) is 11.8 Å². The molecular weight excluding hydrogens is 348 g/mol. The van der Waals surface area contributed by atoms with Gasteiger partial charge in [0.05, 0.1) is 7.11 Å². The number of aliphatic imine (C=N–C) groups is 1. The van der Waals surface area contributed by atoms with E-state index in [0.29, 0.717) is 13.1 Å². The van der Waals surface area contributed by atoms with Gasteiger partial charge in [0.15, 0.2) is 5.78 Å². The van der Waals surface area contributed by atoms with Gasteiger partial charge in [0.1, 0.15) is 12.4 Å². The van der Waals surface area contributed by atoms with Crippen LogP contribution in [-0.4, -0.2) is 25.8 Å². The maximum atomic E-state index is 12.0. The van der Waals surface area contributed by atoms with Crippen molar-refractivity contribution >= 4 is 17.7 Å². The molecule has 0 amide bonds. The van der Waals surface area contributed by atoms with E-state index in [1.54, 1.807) is 7.11 Å². The number of carbonyl (C=O) groups excluding carboxylic acids is 1.